The Morgan fingerprint density at radius 2 is 1.81 bits per heavy atom. The molecule has 1 aliphatic carbocycles. The average Bonchev–Trinajstić information content (AvgIpc) is 3.08. The number of rotatable bonds is 6. The van der Waals surface area contributed by atoms with Crippen LogP contribution < -0.4 is 5.32 Å². The van der Waals surface area contributed by atoms with Gasteiger partial charge in [0.2, 0.25) is 0 Å². The molecule has 2 aromatic rings. The van der Waals surface area contributed by atoms with Crippen LogP contribution in [0.1, 0.15) is 61.1 Å². The van der Waals surface area contributed by atoms with Crippen molar-refractivity contribution >= 4 is 5.91 Å². The lowest BCUT2D eigenvalue weighted by atomic mass is 9.98. The quantitative estimate of drug-likeness (QED) is 0.739. The summed E-state index contributed by atoms with van der Waals surface area (Å²) < 4.78 is 0. The summed E-state index contributed by atoms with van der Waals surface area (Å²) in [7, 11) is 0. The van der Waals surface area contributed by atoms with E-state index in [1.54, 1.807) is 6.92 Å². The Hall–Kier alpha value is -2.17. The normalized spacial score (nSPS) is 17.0. The third-order valence-corrected chi connectivity index (χ3v) is 5.26. The van der Waals surface area contributed by atoms with Crippen LogP contribution in [0.4, 0.5) is 0 Å². The van der Waals surface area contributed by atoms with Gasteiger partial charge in [-0.3, -0.25) is 4.79 Å². The van der Waals surface area contributed by atoms with Gasteiger partial charge in [-0.2, -0.15) is 0 Å². The average molecular weight is 353 g/mol. The van der Waals surface area contributed by atoms with Crippen molar-refractivity contribution in [3.05, 3.63) is 59.7 Å². The molecule has 3 rings (SSSR count). The van der Waals surface area contributed by atoms with Gasteiger partial charge in [0, 0.05) is 12.1 Å². The maximum absolute atomic E-state index is 12.3. The van der Waals surface area contributed by atoms with Crippen molar-refractivity contribution in [2.75, 3.05) is 6.54 Å². The van der Waals surface area contributed by atoms with Crippen molar-refractivity contribution in [2.45, 2.75) is 50.7 Å². The molecule has 1 atom stereocenters. The Morgan fingerprint density at radius 1 is 1.12 bits per heavy atom. The summed E-state index contributed by atoms with van der Waals surface area (Å²) in [5.41, 5.74) is 2.91. The highest BCUT2D eigenvalue weighted by Crippen LogP contribution is 2.31. The van der Waals surface area contributed by atoms with Crippen molar-refractivity contribution < 1.29 is 15.0 Å². The molecule has 0 aromatic heterocycles. The lowest BCUT2D eigenvalue weighted by molar-refractivity contribution is 0.0389. The molecule has 1 fully saturated rings. The van der Waals surface area contributed by atoms with Gasteiger partial charge in [-0.1, -0.05) is 43.2 Å². The van der Waals surface area contributed by atoms with E-state index in [-0.39, 0.29) is 5.91 Å². The van der Waals surface area contributed by atoms with E-state index in [4.69, 9.17) is 0 Å². The number of benzene rings is 2. The van der Waals surface area contributed by atoms with Gasteiger partial charge in [-0.25, -0.2) is 0 Å². The highest BCUT2D eigenvalue weighted by molar-refractivity contribution is 5.94. The number of aliphatic hydroxyl groups is 2. The van der Waals surface area contributed by atoms with E-state index >= 15 is 0 Å². The zero-order valence-electron chi connectivity index (χ0n) is 15.2. The fourth-order valence-electron chi connectivity index (χ4n) is 3.59. The number of carbonyl (C=O) groups excluding carboxylic acids is 1. The van der Waals surface area contributed by atoms with Crippen LogP contribution in [0.15, 0.2) is 48.5 Å². The smallest absolute Gasteiger partial charge is 0.251 e. The minimum Gasteiger partial charge on any atom is -0.390 e. The largest absolute Gasteiger partial charge is 0.390 e. The van der Waals surface area contributed by atoms with Gasteiger partial charge in [0.25, 0.3) is 5.91 Å². The van der Waals surface area contributed by atoms with Crippen LogP contribution >= 0.6 is 0 Å². The predicted octanol–water partition coefficient (Wildman–Crippen LogP) is 3.83. The maximum atomic E-state index is 12.3. The molecule has 1 amide bonds. The standard InChI is InChI=1S/C22H27NO3/c1-16(24)19-5-4-6-20(15-19)17-7-9-18(10-8-17)21(25)23-14-13-22(26)11-2-3-12-22/h4-10,15-16,24,26H,2-3,11-14H2,1H3,(H,23,25)/t16-/m0/s1. The molecule has 2 aromatic carbocycles. The van der Waals surface area contributed by atoms with E-state index in [2.05, 4.69) is 5.32 Å². The fourth-order valence-corrected chi connectivity index (χ4v) is 3.59. The molecule has 0 unspecified atom stereocenters. The topological polar surface area (TPSA) is 69.6 Å². The maximum Gasteiger partial charge on any atom is 0.251 e. The van der Waals surface area contributed by atoms with Crippen molar-refractivity contribution in [2.24, 2.45) is 0 Å². The van der Waals surface area contributed by atoms with E-state index in [0.717, 1.165) is 42.4 Å². The molecule has 1 aliphatic rings. The molecule has 4 heteroatoms. The van der Waals surface area contributed by atoms with E-state index in [0.29, 0.717) is 18.5 Å². The Morgan fingerprint density at radius 3 is 2.46 bits per heavy atom. The van der Waals surface area contributed by atoms with Crippen molar-refractivity contribution in [3.63, 3.8) is 0 Å². The zero-order chi connectivity index (χ0) is 18.6. The van der Waals surface area contributed by atoms with E-state index in [9.17, 15) is 15.0 Å². The van der Waals surface area contributed by atoms with Crippen LogP contribution in [0.5, 0.6) is 0 Å². The summed E-state index contributed by atoms with van der Waals surface area (Å²) in [6, 6.07) is 15.2. The predicted molar refractivity (Wildman–Crippen MR) is 103 cm³/mol. The third-order valence-electron chi connectivity index (χ3n) is 5.26. The first kappa shape index (κ1) is 18.6. The minimum absolute atomic E-state index is 0.115. The van der Waals surface area contributed by atoms with Gasteiger partial charge < -0.3 is 15.5 Å². The second-order valence-electron chi connectivity index (χ2n) is 7.32. The molecule has 0 heterocycles. The minimum atomic E-state index is -0.591. The van der Waals surface area contributed by atoms with Crippen LogP contribution in [-0.2, 0) is 0 Å². The summed E-state index contributed by atoms with van der Waals surface area (Å²) in [4.78, 5) is 12.3. The summed E-state index contributed by atoms with van der Waals surface area (Å²) >= 11 is 0. The Balaban J connectivity index is 1.60. The second-order valence-corrected chi connectivity index (χ2v) is 7.32. The molecule has 0 saturated heterocycles. The highest BCUT2D eigenvalue weighted by Gasteiger charge is 2.30. The van der Waals surface area contributed by atoms with Crippen LogP contribution in [0.2, 0.25) is 0 Å². The molecular formula is C22H27NO3. The zero-order valence-corrected chi connectivity index (χ0v) is 15.2. The Labute approximate surface area is 154 Å². The molecule has 0 spiro atoms. The summed E-state index contributed by atoms with van der Waals surface area (Å²) in [5, 5.41) is 23.0. The van der Waals surface area contributed by atoms with E-state index in [1.807, 2.05) is 48.5 Å². The Bertz CT molecular complexity index is 746. The lowest BCUT2D eigenvalue weighted by Crippen LogP contribution is -2.32. The molecule has 0 bridgehead atoms. The van der Waals surface area contributed by atoms with Gasteiger partial charge in [-0.15, -0.1) is 0 Å². The third kappa shape index (κ3) is 4.51. The summed E-state index contributed by atoms with van der Waals surface area (Å²) in [6.45, 7) is 2.24. The molecule has 138 valence electrons. The number of hydrogen-bond acceptors (Lipinski definition) is 3. The first-order chi connectivity index (χ1) is 12.5. The van der Waals surface area contributed by atoms with Gasteiger partial charge in [-0.05, 0) is 61.1 Å². The molecule has 0 aliphatic heterocycles. The van der Waals surface area contributed by atoms with Gasteiger partial charge in [0.05, 0.1) is 11.7 Å². The van der Waals surface area contributed by atoms with Gasteiger partial charge >= 0.3 is 0 Å². The highest BCUT2D eigenvalue weighted by atomic mass is 16.3. The first-order valence-corrected chi connectivity index (χ1v) is 9.36. The van der Waals surface area contributed by atoms with Crippen LogP contribution in [0.3, 0.4) is 0 Å². The Kier molecular flexibility index (Phi) is 5.74. The monoisotopic (exact) mass is 353 g/mol. The van der Waals surface area contributed by atoms with E-state index < -0.39 is 11.7 Å². The van der Waals surface area contributed by atoms with Crippen LogP contribution in [0.25, 0.3) is 11.1 Å². The van der Waals surface area contributed by atoms with Crippen LogP contribution in [0, 0.1) is 0 Å². The van der Waals surface area contributed by atoms with Gasteiger partial charge in [0.15, 0.2) is 0 Å². The SMILES string of the molecule is C[C@H](O)c1cccc(-c2ccc(C(=O)NCCC3(O)CCCC3)cc2)c1. The first-order valence-electron chi connectivity index (χ1n) is 9.36. The van der Waals surface area contributed by atoms with Crippen molar-refractivity contribution in [3.8, 4) is 11.1 Å². The fraction of sp³-hybridized carbons (Fsp3) is 0.409. The molecule has 0 radical (unpaired) electrons. The molecule has 1 saturated carbocycles. The second kappa shape index (κ2) is 8.02. The van der Waals surface area contributed by atoms with Crippen molar-refractivity contribution in [1.82, 2.24) is 5.32 Å². The summed E-state index contributed by atoms with van der Waals surface area (Å²) in [6.07, 6.45) is 3.93. The number of hydrogen-bond donors (Lipinski definition) is 3. The van der Waals surface area contributed by atoms with Crippen LogP contribution in [-0.4, -0.2) is 28.3 Å². The lowest BCUT2D eigenvalue weighted by Gasteiger charge is -2.21. The van der Waals surface area contributed by atoms with E-state index in [1.165, 1.54) is 0 Å². The molecule has 3 N–H and O–H groups in total. The van der Waals surface area contributed by atoms with Gasteiger partial charge in [0.1, 0.15) is 0 Å². The number of aliphatic hydroxyl groups excluding tert-OH is 1. The summed E-state index contributed by atoms with van der Waals surface area (Å²) in [5.74, 6) is -0.115. The number of nitrogens with one attached hydrogen (secondary N) is 1. The number of carbonyl (C=O) groups is 1. The molecule has 4 nitrogen and oxygen atoms in total. The number of amides is 1. The van der Waals surface area contributed by atoms with Crippen molar-refractivity contribution in [1.29, 1.82) is 0 Å². The molecular weight excluding hydrogens is 326 g/mol. The molecule has 26 heavy (non-hydrogen) atoms.